The van der Waals surface area contributed by atoms with Crippen LogP contribution in [0.3, 0.4) is 0 Å². The number of fused-ring (bicyclic) bond motifs is 3. The highest BCUT2D eigenvalue weighted by molar-refractivity contribution is 5.67. The summed E-state index contributed by atoms with van der Waals surface area (Å²) >= 11 is 0. The minimum absolute atomic E-state index is 0.602. The molecule has 3 heterocycles. The largest absolute Gasteiger partial charge is 0.382 e. The van der Waals surface area contributed by atoms with E-state index in [4.69, 9.17) is 0 Å². The lowest BCUT2D eigenvalue weighted by Gasteiger charge is -2.43. The maximum Gasteiger partial charge on any atom is 0.152 e. The van der Waals surface area contributed by atoms with Crippen LogP contribution in [0.2, 0.25) is 0 Å². The highest BCUT2D eigenvalue weighted by Gasteiger charge is 2.31. The van der Waals surface area contributed by atoms with Crippen molar-refractivity contribution in [1.82, 2.24) is 9.88 Å². The van der Waals surface area contributed by atoms with Crippen LogP contribution < -0.4 is 10.2 Å². The van der Waals surface area contributed by atoms with Gasteiger partial charge in [0.05, 0.1) is 5.69 Å². The zero-order valence-electron chi connectivity index (χ0n) is 11.3. The lowest BCUT2D eigenvalue weighted by molar-refractivity contribution is 0.178. The minimum atomic E-state index is 0.602. The molecule has 1 N–H and O–H groups in total. The summed E-state index contributed by atoms with van der Waals surface area (Å²) in [4.78, 5) is 9.65. The number of hydrogen-bond acceptors (Lipinski definition) is 4. The maximum absolute atomic E-state index is 4.58. The van der Waals surface area contributed by atoms with E-state index in [2.05, 4.69) is 40.0 Å². The number of pyridine rings is 1. The van der Waals surface area contributed by atoms with Crippen molar-refractivity contribution in [2.45, 2.75) is 32.4 Å². The fraction of sp³-hybridized carbons (Fsp3) is 0.643. The smallest absolute Gasteiger partial charge is 0.152 e. The third kappa shape index (κ3) is 2.05. The molecular weight excluding hydrogens is 224 g/mol. The predicted molar refractivity (Wildman–Crippen MR) is 75.2 cm³/mol. The Kier molecular flexibility index (Phi) is 3.12. The van der Waals surface area contributed by atoms with Gasteiger partial charge in [-0.15, -0.1) is 0 Å². The standard InChI is InChI=1S/C14H22N4/c1-11(2)17-8-9-18-12(10-17)5-7-15-13-4-3-6-16-14(13)18/h3-4,6,11-12,15H,5,7-10H2,1-2H3/t12-/m0/s1. The van der Waals surface area contributed by atoms with Gasteiger partial charge < -0.3 is 10.2 Å². The Morgan fingerprint density at radius 1 is 1.39 bits per heavy atom. The molecule has 2 aliphatic rings. The molecule has 0 amide bonds. The van der Waals surface area contributed by atoms with E-state index in [0.29, 0.717) is 12.1 Å². The molecule has 0 unspecified atom stereocenters. The summed E-state index contributed by atoms with van der Waals surface area (Å²) in [6, 6.07) is 5.40. The van der Waals surface area contributed by atoms with Crippen molar-refractivity contribution in [2.75, 3.05) is 36.4 Å². The van der Waals surface area contributed by atoms with Crippen molar-refractivity contribution in [3.05, 3.63) is 18.3 Å². The van der Waals surface area contributed by atoms with Gasteiger partial charge in [-0.25, -0.2) is 4.98 Å². The predicted octanol–water partition coefficient (Wildman–Crippen LogP) is 1.80. The van der Waals surface area contributed by atoms with E-state index in [1.165, 1.54) is 12.1 Å². The van der Waals surface area contributed by atoms with Gasteiger partial charge in [-0.2, -0.15) is 0 Å². The van der Waals surface area contributed by atoms with E-state index >= 15 is 0 Å². The van der Waals surface area contributed by atoms with Crippen LogP contribution in [0.15, 0.2) is 18.3 Å². The van der Waals surface area contributed by atoms with Crippen molar-refractivity contribution >= 4 is 11.5 Å². The van der Waals surface area contributed by atoms with Gasteiger partial charge in [0.15, 0.2) is 5.82 Å². The Morgan fingerprint density at radius 3 is 3.11 bits per heavy atom. The summed E-state index contributed by atoms with van der Waals surface area (Å²) < 4.78 is 0. The normalized spacial score (nSPS) is 24.2. The van der Waals surface area contributed by atoms with Crippen LogP contribution >= 0.6 is 0 Å². The molecule has 4 nitrogen and oxygen atoms in total. The molecule has 4 heteroatoms. The molecule has 1 fully saturated rings. The lowest BCUT2D eigenvalue weighted by atomic mass is 10.1. The van der Waals surface area contributed by atoms with Crippen LogP contribution in [0.5, 0.6) is 0 Å². The van der Waals surface area contributed by atoms with Crippen molar-refractivity contribution in [3.8, 4) is 0 Å². The van der Waals surface area contributed by atoms with Crippen LogP contribution in [-0.4, -0.2) is 48.1 Å². The molecule has 1 saturated heterocycles. The summed E-state index contributed by atoms with van der Waals surface area (Å²) in [5.74, 6) is 1.14. The first kappa shape index (κ1) is 11.8. The number of nitrogens with one attached hydrogen (secondary N) is 1. The molecule has 98 valence electrons. The van der Waals surface area contributed by atoms with Crippen molar-refractivity contribution in [2.24, 2.45) is 0 Å². The summed E-state index contributed by atoms with van der Waals surface area (Å²) in [5, 5.41) is 3.50. The number of hydrogen-bond donors (Lipinski definition) is 1. The molecule has 0 radical (unpaired) electrons. The molecular formula is C14H22N4. The number of nitrogens with zero attached hydrogens (tertiary/aromatic N) is 3. The van der Waals surface area contributed by atoms with Gasteiger partial charge >= 0.3 is 0 Å². The molecule has 3 rings (SSSR count). The van der Waals surface area contributed by atoms with Gasteiger partial charge in [0.25, 0.3) is 0 Å². The molecule has 0 aliphatic carbocycles. The fourth-order valence-electron chi connectivity index (χ4n) is 3.01. The number of rotatable bonds is 1. The van der Waals surface area contributed by atoms with Crippen molar-refractivity contribution in [1.29, 1.82) is 0 Å². The van der Waals surface area contributed by atoms with Crippen molar-refractivity contribution in [3.63, 3.8) is 0 Å². The molecule has 0 saturated carbocycles. The third-order valence-corrected chi connectivity index (χ3v) is 4.10. The van der Waals surface area contributed by atoms with Gasteiger partial charge in [-0.3, -0.25) is 4.90 Å². The Labute approximate surface area is 109 Å². The van der Waals surface area contributed by atoms with Crippen LogP contribution in [0.4, 0.5) is 11.5 Å². The van der Waals surface area contributed by atoms with Gasteiger partial charge in [0, 0.05) is 44.5 Å². The zero-order valence-corrected chi connectivity index (χ0v) is 11.3. The molecule has 2 aliphatic heterocycles. The first-order chi connectivity index (χ1) is 8.75. The van der Waals surface area contributed by atoms with Gasteiger partial charge in [-0.05, 0) is 32.4 Å². The van der Waals surface area contributed by atoms with E-state index in [0.717, 1.165) is 32.0 Å². The van der Waals surface area contributed by atoms with Gasteiger partial charge in [0.1, 0.15) is 0 Å². The van der Waals surface area contributed by atoms with Crippen LogP contribution in [0.1, 0.15) is 20.3 Å². The van der Waals surface area contributed by atoms with Crippen LogP contribution in [0.25, 0.3) is 0 Å². The second-order valence-electron chi connectivity index (χ2n) is 5.53. The van der Waals surface area contributed by atoms with Crippen molar-refractivity contribution < 1.29 is 0 Å². The average Bonchev–Trinajstić information content (AvgIpc) is 2.57. The SMILES string of the molecule is CC(C)N1CCN2c3ncccc3NCC[C@H]2C1. The summed E-state index contributed by atoms with van der Waals surface area (Å²) in [7, 11) is 0. The molecule has 1 aromatic heterocycles. The first-order valence-corrected chi connectivity index (χ1v) is 6.95. The number of aromatic nitrogens is 1. The monoisotopic (exact) mass is 246 g/mol. The lowest BCUT2D eigenvalue weighted by Crippen LogP contribution is -2.55. The first-order valence-electron chi connectivity index (χ1n) is 6.95. The van der Waals surface area contributed by atoms with Crippen LogP contribution in [0, 0.1) is 0 Å². The van der Waals surface area contributed by atoms with Gasteiger partial charge in [0.2, 0.25) is 0 Å². The van der Waals surface area contributed by atoms with Gasteiger partial charge in [-0.1, -0.05) is 0 Å². The summed E-state index contributed by atoms with van der Waals surface area (Å²) in [6.07, 6.45) is 3.09. The van der Waals surface area contributed by atoms with E-state index in [9.17, 15) is 0 Å². The number of anilines is 2. The zero-order chi connectivity index (χ0) is 12.5. The summed E-state index contributed by atoms with van der Waals surface area (Å²) in [6.45, 7) is 9.02. The third-order valence-electron chi connectivity index (χ3n) is 4.10. The minimum Gasteiger partial charge on any atom is -0.382 e. The average molecular weight is 246 g/mol. The second kappa shape index (κ2) is 4.76. The quantitative estimate of drug-likeness (QED) is 0.818. The Hall–Kier alpha value is -1.29. The van der Waals surface area contributed by atoms with Crippen LogP contribution in [-0.2, 0) is 0 Å². The molecule has 1 atom stereocenters. The molecule has 18 heavy (non-hydrogen) atoms. The molecule has 0 bridgehead atoms. The maximum atomic E-state index is 4.58. The molecule has 1 aromatic rings. The summed E-state index contributed by atoms with van der Waals surface area (Å²) in [5.41, 5.74) is 1.19. The Balaban J connectivity index is 1.86. The topological polar surface area (TPSA) is 31.4 Å². The van der Waals surface area contributed by atoms with E-state index in [-0.39, 0.29) is 0 Å². The van der Waals surface area contributed by atoms with E-state index in [1.54, 1.807) is 0 Å². The number of piperazine rings is 1. The highest BCUT2D eigenvalue weighted by Crippen LogP contribution is 2.30. The van der Waals surface area contributed by atoms with E-state index in [1.807, 2.05) is 12.3 Å². The Morgan fingerprint density at radius 2 is 2.28 bits per heavy atom. The van der Waals surface area contributed by atoms with E-state index < -0.39 is 0 Å². The second-order valence-corrected chi connectivity index (χ2v) is 5.53. The molecule has 0 aromatic carbocycles. The molecule has 0 spiro atoms. The Bertz CT molecular complexity index is 418. The highest BCUT2D eigenvalue weighted by atomic mass is 15.3. The fourth-order valence-corrected chi connectivity index (χ4v) is 3.01.